The van der Waals surface area contributed by atoms with E-state index >= 15 is 0 Å². The number of carbonyl (C=O) groups excluding carboxylic acids is 1. The molecular formula is C25H33N3O6. The molecule has 0 saturated carbocycles. The van der Waals surface area contributed by atoms with Crippen molar-refractivity contribution >= 4 is 17.3 Å². The molecule has 1 aliphatic rings. The lowest BCUT2D eigenvalue weighted by Gasteiger charge is -2.31. The van der Waals surface area contributed by atoms with Crippen molar-refractivity contribution in [1.29, 1.82) is 0 Å². The fourth-order valence-electron chi connectivity index (χ4n) is 4.01. The minimum atomic E-state index is -0.485. The number of anilines is 1. The van der Waals surface area contributed by atoms with E-state index in [4.69, 9.17) is 14.2 Å². The first-order chi connectivity index (χ1) is 16.3. The van der Waals surface area contributed by atoms with Gasteiger partial charge in [-0.2, -0.15) is 0 Å². The summed E-state index contributed by atoms with van der Waals surface area (Å²) in [6, 6.07) is 9.73. The maximum Gasteiger partial charge on any atom is 0.270 e. The Morgan fingerprint density at radius 1 is 1.09 bits per heavy atom. The molecule has 3 rings (SSSR count). The lowest BCUT2D eigenvalue weighted by molar-refractivity contribution is -0.384. The largest absolute Gasteiger partial charge is 0.490 e. The van der Waals surface area contributed by atoms with Crippen LogP contribution in [0.2, 0.25) is 0 Å². The number of nitrogens with one attached hydrogen (secondary N) is 1. The lowest BCUT2D eigenvalue weighted by atomic mass is 9.95. The first-order valence-electron chi connectivity index (χ1n) is 11.7. The molecule has 0 radical (unpaired) electrons. The van der Waals surface area contributed by atoms with Crippen LogP contribution in [0.3, 0.4) is 0 Å². The Labute approximate surface area is 200 Å². The number of ether oxygens (including phenoxy) is 3. The number of hydrogen-bond donors (Lipinski definition) is 1. The standard InChI is InChI=1S/C25H33N3O6/c1-5-33-22-10-7-18(15-23(22)34-6-2)24(17(3)4)26-25(29)20-16-19(28(30)31)8-9-21(20)27-11-13-32-14-12-27/h7-10,15-17,24H,5-6,11-14H2,1-4H3,(H,26,29). The second-order valence-electron chi connectivity index (χ2n) is 8.33. The summed E-state index contributed by atoms with van der Waals surface area (Å²) in [4.78, 5) is 26.5. The van der Waals surface area contributed by atoms with Gasteiger partial charge in [0.1, 0.15) is 0 Å². The van der Waals surface area contributed by atoms with Gasteiger partial charge in [0.05, 0.1) is 48.6 Å². The van der Waals surface area contributed by atoms with Crippen LogP contribution in [0.15, 0.2) is 36.4 Å². The Morgan fingerprint density at radius 3 is 2.38 bits per heavy atom. The third-order valence-electron chi connectivity index (χ3n) is 5.67. The molecule has 1 aliphatic heterocycles. The van der Waals surface area contributed by atoms with Gasteiger partial charge in [-0.1, -0.05) is 19.9 Å². The molecule has 34 heavy (non-hydrogen) atoms. The number of rotatable bonds is 10. The Hall–Kier alpha value is -3.33. The average Bonchev–Trinajstić information content (AvgIpc) is 2.83. The number of benzene rings is 2. The highest BCUT2D eigenvalue weighted by Gasteiger charge is 2.26. The molecule has 9 nitrogen and oxygen atoms in total. The van der Waals surface area contributed by atoms with Crippen molar-refractivity contribution in [3.63, 3.8) is 0 Å². The van der Waals surface area contributed by atoms with E-state index in [9.17, 15) is 14.9 Å². The first-order valence-corrected chi connectivity index (χ1v) is 11.7. The molecule has 1 N–H and O–H groups in total. The molecule has 2 aromatic carbocycles. The van der Waals surface area contributed by atoms with E-state index in [1.807, 2.05) is 50.8 Å². The van der Waals surface area contributed by atoms with Crippen LogP contribution < -0.4 is 19.7 Å². The van der Waals surface area contributed by atoms with E-state index in [1.54, 1.807) is 6.07 Å². The summed E-state index contributed by atoms with van der Waals surface area (Å²) < 4.78 is 16.8. The second-order valence-corrected chi connectivity index (χ2v) is 8.33. The highest BCUT2D eigenvalue weighted by Crippen LogP contribution is 2.34. The van der Waals surface area contributed by atoms with Crippen LogP contribution in [0.4, 0.5) is 11.4 Å². The summed E-state index contributed by atoms with van der Waals surface area (Å²) in [5.74, 6) is 0.957. The number of amides is 1. The van der Waals surface area contributed by atoms with Gasteiger partial charge in [0.25, 0.3) is 11.6 Å². The molecule has 1 fully saturated rings. The molecule has 0 aromatic heterocycles. The fraction of sp³-hybridized carbons (Fsp3) is 0.480. The van der Waals surface area contributed by atoms with Crippen LogP contribution in [0, 0.1) is 16.0 Å². The average molecular weight is 472 g/mol. The predicted octanol–water partition coefficient (Wildman–Crippen LogP) is 4.36. The zero-order valence-corrected chi connectivity index (χ0v) is 20.2. The van der Waals surface area contributed by atoms with Gasteiger partial charge in [0.15, 0.2) is 11.5 Å². The highest BCUT2D eigenvalue weighted by atomic mass is 16.6. The molecule has 1 atom stereocenters. The summed E-state index contributed by atoms with van der Waals surface area (Å²) in [6.45, 7) is 11.1. The van der Waals surface area contributed by atoms with Crippen LogP contribution in [0.1, 0.15) is 49.7 Å². The van der Waals surface area contributed by atoms with Crippen LogP contribution in [-0.2, 0) is 4.74 Å². The van der Waals surface area contributed by atoms with E-state index in [0.717, 1.165) is 5.56 Å². The van der Waals surface area contributed by atoms with Gasteiger partial charge in [-0.15, -0.1) is 0 Å². The Bertz CT molecular complexity index is 1000. The maximum absolute atomic E-state index is 13.5. The van der Waals surface area contributed by atoms with Gasteiger partial charge in [0.2, 0.25) is 0 Å². The number of nitro benzene ring substituents is 1. The highest BCUT2D eigenvalue weighted by molar-refractivity contribution is 6.00. The van der Waals surface area contributed by atoms with Crippen molar-refractivity contribution in [3.05, 3.63) is 57.6 Å². The van der Waals surface area contributed by atoms with Crippen LogP contribution in [0.5, 0.6) is 11.5 Å². The summed E-state index contributed by atoms with van der Waals surface area (Å²) in [5, 5.41) is 14.5. The predicted molar refractivity (Wildman–Crippen MR) is 130 cm³/mol. The van der Waals surface area contributed by atoms with Crippen LogP contribution in [-0.4, -0.2) is 50.3 Å². The summed E-state index contributed by atoms with van der Waals surface area (Å²) >= 11 is 0. The number of nitro groups is 1. The van der Waals surface area contributed by atoms with E-state index < -0.39 is 4.92 Å². The molecule has 1 unspecified atom stereocenters. The van der Waals surface area contributed by atoms with Crippen molar-refractivity contribution in [1.82, 2.24) is 5.32 Å². The SMILES string of the molecule is CCOc1ccc(C(NC(=O)c2cc([N+](=O)[O-])ccc2N2CCOCC2)C(C)C)cc1OCC. The Morgan fingerprint density at radius 2 is 1.76 bits per heavy atom. The van der Waals surface area contributed by atoms with Crippen molar-refractivity contribution in [2.75, 3.05) is 44.4 Å². The third kappa shape index (κ3) is 5.96. The Kier molecular flexibility index (Phi) is 8.70. The Balaban J connectivity index is 1.95. The quantitative estimate of drug-likeness (QED) is 0.406. The van der Waals surface area contributed by atoms with E-state index in [0.29, 0.717) is 56.7 Å². The van der Waals surface area contributed by atoms with Gasteiger partial charge in [-0.25, -0.2) is 0 Å². The van der Waals surface area contributed by atoms with Crippen LogP contribution >= 0.6 is 0 Å². The molecule has 1 saturated heterocycles. The second kappa shape index (κ2) is 11.7. The van der Waals surface area contributed by atoms with Gasteiger partial charge < -0.3 is 24.4 Å². The molecule has 0 aliphatic carbocycles. The zero-order valence-electron chi connectivity index (χ0n) is 20.2. The zero-order chi connectivity index (χ0) is 24.7. The number of nitrogens with zero attached hydrogens (tertiary/aromatic N) is 2. The summed E-state index contributed by atoms with van der Waals surface area (Å²) in [6.07, 6.45) is 0. The summed E-state index contributed by atoms with van der Waals surface area (Å²) in [7, 11) is 0. The van der Waals surface area contributed by atoms with Crippen LogP contribution in [0.25, 0.3) is 0 Å². The molecule has 0 spiro atoms. The van der Waals surface area contributed by atoms with Gasteiger partial charge >= 0.3 is 0 Å². The molecule has 2 aromatic rings. The minimum Gasteiger partial charge on any atom is -0.490 e. The van der Waals surface area contributed by atoms with Crippen molar-refractivity contribution < 1.29 is 23.9 Å². The van der Waals surface area contributed by atoms with Gasteiger partial charge in [0, 0.05) is 25.2 Å². The topological polar surface area (TPSA) is 103 Å². The van der Waals surface area contributed by atoms with Crippen molar-refractivity contribution in [2.24, 2.45) is 5.92 Å². The number of non-ortho nitro benzene ring substituents is 1. The van der Waals surface area contributed by atoms with E-state index in [2.05, 4.69) is 5.32 Å². The molecular weight excluding hydrogens is 438 g/mol. The molecule has 184 valence electrons. The third-order valence-corrected chi connectivity index (χ3v) is 5.67. The fourth-order valence-corrected chi connectivity index (χ4v) is 4.01. The summed E-state index contributed by atoms with van der Waals surface area (Å²) in [5.41, 5.74) is 1.69. The van der Waals surface area contributed by atoms with Gasteiger partial charge in [-0.3, -0.25) is 14.9 Å². The minimum absolute atomic E-state index is 0.0573. The number of hydrogen-bond acceptors (Lipinski definition) is 7. The maximum atomic E-state index is 13.5. The lowest BCUT2D eigenvalue weighted by Crippen LogP contribution is -2.38. The molecule has 9 heteroatoms. The molecule has 0 bridgehead atoms. The van der Waals surface area contributed by atoms with Gasteiger partial charge in [-0.05, 0) is 43.5 Å². The van der Waals surface area contributed by atoms with Crippen molar-refractivity contribution in [3.8, 4) is 11.5 Å². The number of morpholine rings is 1. The van der Waals surface area contributed by atoms with Crippen molar-refractivity contribution in [2.45, 2.75) is 33.7 Å². The smallest absolute Gasteiger partial charge is 0.270 e. The van der Waals surface area contributed by atoms with E-state index in [-0.39, 0.29) is 29.1 Å². The van der Waals surface area contributed by atoms with E-state index in [1.165, 1.54) is 12.1 Å². The first kappa shape index (κ1) is 25.3. The number of carbonyl (C=O) groups is 1. The monoisotopic (exact) mass is 471 g/mol. The normalized spacial score (nSPS) is 14.6. The molecule has 1 heterocycles. The molecule has 1 amide bonds.